The molecule has 1 saturated carbocycles. The second-order valence-corrected chi connectivity index (χ2v) is 5.49. The van der Waals surface area contributed by atoms with Crippen molar-refractivity contribution in [1.82, 2.24) is 4.90 Å². The van der Waals surface area contributed by atoms with Crippen molar-refractivity contribution < 1.29 is 14.6 Å². The van der Waals surface area contributed by atoms with E-state index >= 15 is 0 Å². The van der Waals surface area contributed by atoms with Gasteiger partial charge in [-0.05, 0) is 30.5 Å². The Bertz CT molecular complexity index is 445. The summed E-state index contributed by atoms with van der Waals surface area (Å²) in [5, 5.41) is 10.1. The smallest absolute Gasteiger partial charge is 0.119 e. The minimum absolute atomic E-state index is 0.355. The molecule has 116 valence electrons. The molecule has 0 saturated heterocycles. The minimum Gasteiger partial charge on any atom is -0.497 e. The van der Waals surface area contributed by atoms with E-state index in [1.165, 1.54) is 18.4 Å². The molecule has 0 spiro atoms. The average Bonchev–Trinajstić information content (AvgIpc) is 3.32. The summed E-state index contributed by atoms with van der Waals surface area (Å²) in [4.78, 5) is 2.33. The molecule has 1 aromatic carbocycles. The highest BCUT2D eigenvalue weighted by molar-refractivity contribution is 5.28. The Labute approximate surface area is 127 Å². The van der Waals surface area contributed by atoms with E-state index in [0.29, 0.717) is 25.8 Å². The van der Waals surface area contributed by atoms with Crippen molar-refractivity contribution in [2.75, 3.05) is 26.9 Å². The number of aliphatic hydroxyl groups is 1. The number of methoxy groups -OCH3 is 1. The Morgan fingerprint density at radius 2 is 2.29 bits per heavy atom. The van der Waals surface area contributed by atoms with Crippen LogP contribution in [-0.4, -0.2) is 49.0 Å². The fraction of sp³-hybridized carbons (Fsp3) is 0.529. The lowest BCUT2D eigenvalue weighted by Crippen LogP contribution is -2.36. The Morgan fingerprint density at radius 3 is 2.95 bits per heavy atom. The van der Waals surface area contributed by atoms with E-state index in [2.05, 4.69) is 23.6 Å². The zero-order valence-electron chi connectivity index (χ0n) is 12.7. The summed E-state index contributed by atoms with van der Waals surface area (Å²) in [6, 6.07) is 8.69. The molecular weight excluding hydrogens is 266 g/mol. The number of nitrogens with zero attached hydrogens (tertiary/aromatic N) is 1. The molecule has 0 aliphatic heterocycles. The van der Waals surface area contributed by atoms with Crippen molar-refractivity contribution in [3.8, 4) is 5.75 Å². The van der Waals surface area contributed by atoms with Gasteiger partial charge in [0.15, 0.2) is 0 Å². The van der Waals surface area contributed by atoms with Gasteiger partial charge >= 0.3 is 0 Å². The first-order valence-electron chi connectivity index (χ1n) is 7.46. The maximum absolute atomic E-state index is 10.1. The molecule has 1 atom stereocenters. The maximum atomic E-state index is 10.1. The van der Waals surface area contributed by atoms with Crippen molar-refractivity contribution >= 4 is 0 Å². The molecule has 1 aromatic rings. The molecule has 1 fully saturated rings. The highest BCUT2D eigenvalue weighted by atomic mass is 16.5. The third-order valence-corrected chi connectivity index (χ3v) is 3.57. The summed E-state index contributed by atoms with van der Waals surface area (Å²) in [7, 11) is 1.68. The Balaban J connectivity index is 1.88. The van der Waals surface area contributed by atoms with E-state index in [4.69, 9.17) is 9.47 Å². The van der Waals surface area contributed by atoms with Crippen molar-refractivity contribution in [1.29, 1.82) is 0 Å². The van der Waals surface area contributed by atoms with Gasteiger partial charge in [0.2, 0.25) is 0 Å². The van der Waals surface area contributed by atoms with Crippen molar-refractivity contribution in [2.45, 2.75) is 31.5 Å². The molecular formula is C17H25NO3. The second kappa shape index (κ2) is 8.17. The van der Waals surface area contributed by atoms with Crippen LogP contribution in [-0.2, 0) is 11.3 Å². The molecule has 0 radical (unpaired) electrons. The summed E-state index contributed by atoms with van der Waals surface area (Å²) in [6.45, 7) is 5.91. The van der Waals surface area contributed by atoms with Crippen LogP contribution in [0.25, 0.3) is 0 Å². The molecule has 0 amide bonds. The van der Waals surface area contributed by atoms with Crippen LogP contribution in [0.3, 0.4) is 0 Å². The molecule has 0 heterocycles. The maximum Gasteiger partial charge on any atom is 0.119 e. The van der Waals surface area contributed by atoms with E-state index in [1.807, 2.05) is 12.1 Å². The first kappa shape index (κ1) is 16.0. The van der Waals surface area contributed by atoms with Crippen LogP contribution in [0.2, 0.25) is 0 Å². The molecule has 0 aromatic heterocycles. The number of benzene rings is 1. The summed E-state index contributed by atoms with van der Waals surface area (Å²) in [5.74, 6) is 0.873. The monoisotopic (exact) mass is 291 g/mol. The molecule has 1 unspecified atom stereocenters. The first-order chi connectivity index (χ1) is 10.2. The van der Waals surface area contributed by atoms with Crippen LogP contribution in [0.1, 0.15) is 18.4 Å². The number of hydrogen-bond acceptors (Lipinski definition) is 4. The minimum atomic E-state index is -0.462. The fourth-order valence-corrected chi connectivity index (χ4v) is 2.40. The van der Waals surface area contributed by atoms with Gasteiger partial charge in [-0.1, -0.05) is 18.2 Å². The van der Waals surface area contributed by atoms with Gasteiger partial charge in [0.05, 0.1) is 26.4 Å². The lowest BCUT2D eigenvalue weighted by atomic mass is 10.2. The van der Waals surface area contributed by atoms with E-state index < -0.39 is 6.10 Å². The van der Waals surface area contributed by atoms with Crippen LogP contribution in [0.5, 0.6) is 5.75 Å². The highest BCUT2D eigenvalue weighted by Crippen LogP contribution is 2.29. The van der Waals surface area contributed by atoms with Crippen LogP contribution < -0.4 is 4.74 Å². The number of aliphatic hydroxyl groups excluding tert-OH is 1. The second-order valence-electron chi connectivity index (χ2n) is 5.49. The van der Waals surface area contributed by atoms with E-state index in [1.54, 1.807) is 13.2 Å². The predicted molar refractivity (Wildman–Crippen MR) is 83.4 cm³/mol. The van der Waals surface area contributed by atoms with Crippen LogP contribution >= 0.6 is 0 Å². The topological polar surface area (TPSA) is 41.9 Å². The molecule has 2 rings (SSSR count). The molecule has 4 nitrogen and oxygen atoms in total. The molecule has 21 heavy (non-hydrogen) atoms. The highest BCUT2D eigenvalue weighted by Gasteiger charge is 2.30. The zero-order valence-corrected chi connectivity index (χ0v) is 12.7. The fourth-order valence-electron chi connectivity index (χ4n) is 2.40. The standard InChI is InChI=1S/C17H25NO3/c1-3-9-21-13-16(19)12-18(15-7-8-15)11-14-5-4-6-17(10-14)20-2/h3-6,10,15-16,19H,1,7-9,11-13H2,2H3. The van der Waals surface area contributed by atoms with Gasteiger partial charge in [-0.3, -0.25) is 4.90 Å². The number of ether oxygens (including phenoxy) is 2. The third-order valence-electron chi connectivity index (χ3n) is 3.57. The zero-order chi connectivity index (χ0) is 15.1. The summed E-state index contributed by atoms with van der Waals surface area (Å²) in [5.41, 5.74) is 1.21. The Kier molecular flexibility index (Phi) is 6.23. The lowest BCUT2D eigenvalue weighted by molar-refractivity contribution is 0.0227. The van der Waals surface area contributed by atoms with E-state index in [0.717, 1.165) is 12.3 Å². The third kappa shape index (κ3) is 5.50. The van der Waals surface area contributed by atoms with Crippen molar-refractivity contribution in [2.24, 2.45) is 0 Å². The normalized spacial score (nSPS) is 16.0. The van der Waals surface area contributed by atoms with Gasteiger partial charge < -0.3 is 14.6 Å². The van der Waals surface area contributed by atoms with Gasteiger partial charge in [0.25, 0.3) is 0 Å². The molecule has 4 heteroatoms. The lowest BCUT2D eigenvalue weighted by Gasteiger charge is -2.25. The molecule has 1 N–H and O–H groups in total. The predicted octanol–water partition coefficient (Wildman–Crippen LogP) is 2.22. The molecule has 0 bridgehead atoms. The summed E-state index contributed by atoms with van der Waals surface area (Å²) < 4.78 is 10.6. The molecule has 1 aliphatic rings. The Morgan fingerprint density at radius 1 is 1.48 bits per heavy atom. The van der Waals surface area contributed by atoms with Crippen LogP contribution in [0.4, 0.5) is 0 Å². The van der Waals surface area contributed by atoms with Crippen molar-refractivity contribution in [3.05, 3.63) is 42.5 Å². The van der Waals surface area contributed by atoms with Crippen LogP contribution in [0.15, 0.2) is 36.9 Å². The quantitative estimate of drug-likeness (QED) is 0.530. The largest absolute Gasteiger partial charge is 0.497 e. The van der Waals surface area contributed by atoms with E-state index in [9.17, 15) is 5.11 Å². The summed E-state index contributed by atoms with van der Waals surface area (Å²) >= 11 is 0. The van der Waals surface area contributed by atoms with Crippen LogP contribution in [0, 0.1) is 0 Å². The Hall–Kier alpha value is -1.36. The number of rotatable bonds is 10. The van der Waals surface area contributed by atoms with Gasteiger partial charge in [0.1, 0.15) is 5.75 Å². The first-order valence-corrected chi connectivity index (χ1v) is 7.46. The van der Waals surface area contributed by atoms with Crippen molar-refractivity contribution in [3.63, 3.8) is 0 Å². The van der Waals surface area contributed by atoms with Gasteiger partial charge in [-0.15, -0.1) is 6.58 Å². The molecule has 1 aliphatic carbocycles. The summed E-state index contributed by atoms with van der Waals surface area (Å²) in [6.07, 6.45) is 3.66. The average molecular weight is 291 g/mol. The van der Waals surface area contributed by atoms with Gasteiger partial charge in [0, 0.05) is 19.1 Å². The van der Waals surface area contributed by atoms with Gasteiger partial charge in [-0.25, -0.2) is 0 Å². The van der Waals surface area contributed by atoms with E-state index in [-0.39, 0.29) is 0 Å². The number of hydrogen-bond donors (Lipinski definition) is 1. The SMILES string of the molecule is C=CCOCC(O)CN(Cc1cccc(OC)c1)C1CC1. The van der Waals surface area contributed by atoms with Gasteiger partial charge in [-0.2, -0.15) is 0 Å².